The van der Waals surface area contributed by atoms with E-state index in [9.17, 15) is 13.2 Å². The molecule has 0 fully saturated rings. The maximum Gasteiger partial charge on any atom is 0.279 e. The molecule has 0 aliphatic carbocycles. The molecule has 0 unspecified atom stereocenters. The third kappa shape index (κ3) is 3.33. The van der Waals surface area contributed by atoms with Gasteiger partial charge in [0.15, 0.2) is 4.80 Å². The lowest BCUT2D eigenvalue weighted by molar-refractivity contribution is 0.0998. The lowest BCUT2D eigenvalue weighted by Gasteiger charge is -2.11. The number of nitrogens with zero attached hydrogens (tertiary/aromatic N) is 3. The summed E-state index contributed by atoms with van der Waals surface area (Å²) in [6, 6.07) is 11.3. The normalized spacial score (nSPS) is 12.9. The first-order valence-electron chi connectivity index (χ1n) is 7.57. The molecule has 1 aromatic heterocycles. The number of aryl methyl sites for hydroxylation is 1. The molecule has 26 heavy (non-hydrogen) atoms. The Bertz CT molecular complexity index is 1160. The predicted molar refractivity (Wildman–Crippen MR) is 103 cm³/mol. The van der Waals surface area contributed by atoms with Crippen LogP contribution in [0, 0.1) is 0 Å². The van der Waals surface area contributed by atoms with Crippen molar-refractivity contribution in [3.63, 3.8) is 0 Å². The zero-order valence-corrected chi connectivity index (χ0v) is 16.7. The number of benzene rings is 2. The zero-order chi connectivity index (χ0) is 19.1. The van der Waals surface area contributed by atoms with Gasteiger partial charge in [-0.2, -0.15) is 4.99 Å². The van der Waals surface area contributed by atoms with Gasteiger partial charge in [0.25, 0.3) is 5.91 Å². The number of para-hydroxylation sites is 1. The largest absolute Gasteiger partial charge is 0.318 e. The molecular formula is C17H16ClN3O3S2. The average Bonchev–Trinajstić information content (AvgIpc) is 2.92. The van der Waals surface area contributed by atoms with Gasteiger partial charge in [-0.1, -0.05) is 29.0 Å². The standard InChI is InChI=1S/C17H16ClN3O3S2/c1-20(2)26(23,24)12-9-7-11(8-10-12)16(22)19-17-21(3)15-13(18)5-4-6-14(15)25-17/h4-10H,1-3H3. The third-order valence-electron chi connectivity index (χ3n) is 3.85. The van der Waals surface area contributed by atoms with Crippen LogP contribution < -0.4 is 4.80 Å². The van der Waals surface area contributed by atoms with Crippen LogP contribution in [0.2, 0.25) is 5.02 Å². The number of sulfonamides is 1. The van der Waals surface area contributed by atoms with Crippen LogP contribution in [0.4, 0.5) is 0 Å². The molecule has 0 bridgehead atoms. The Balaban J connectivity index is 2.00. The SMILES string of the molecule is CN(C)S(=O)(=O)c1ccc(C(=O)N=c2sc3cccc(Cl)c3n2C)cc1. The Morgan fingerprint density at radius 2 is 1.81 bits per heavy atom. The van der Waals surface area contributed by atoms with Crippen molar-refractivity contribution < 1.29 is 13.2 Å². The van der Waals surface area contributed by atoms with Gasteiger partial charge in [0.1, 0.15) is 0 Å². The van der Waals surface area contributed by atoms with Gasteiger partial charge in [0.2, 0.25) is 10.0 Å². The zero-order valence-electron chi connectivity index (χ0n) is 14.3. The molecule has 2 aromatic carbocycles. The number of thiazole rings is 1. The lowest BCUT2D eigenvalue weighted by Crippen LogP contribution is -2.22. The van der Waals surface area contributed by atoms with Crippen molar-refractivity contribution in [3.8, 4) is 0 Å². The second kappa shape index (κ2) is 6.96. The van der Waals surface area contributed by atoms with Crippen molar-refractivity contribution in [1.29, 1.82) is 0 Å². The number of amides is 1. The lowest BCUT2D eigenvalue weighted by atomic mass is 10.2. The van der Waals surface area contributed by atoms with Crippen molar-refractivity contribution in [2.75, 3.05) is 14.1 Å². The first-order chi connectivity index (χ1) is 12.2. The number of rotatable bonds is 3. The summed E-state index contributed by atoms with van der Waals surface area (Å²) >= 11 is 7.57. The molecule has 1 heterocycles. The number of carbonyl (C=O) groups excluding carboxylic acids is 1. The minimum absolute atomic E-state index is 0.123. The molecule has 6 nitrogen and oxygen atoms in total. The topological polar surface area (TPSA) is 71.7 Å². The quantitative estimate of drug-likeness (QED) is 0.667. The highest BCUT2D eigenvalue weighted by atomic mass is 35.5. The molecule has 0 N–H and O–H groups in total. The third-order valence-corrected chi connectivity index (χ3v) is 7.08. The Morgan fingerprint density at radius 3 is 2.38 bits per heavy atom. The Morgan fingerprint density at radius 1 is 1.15 bits per heavy atom. The average molecular weight is 410 g/mol. The summed E-state index contributed by atoms with van der Waals surface area (Å²) in [5.41, 5.74) is 1.13. The smallest absolute Gasteiger partial charge is 0.279 e. The van der Waals surface area contributed by atoms with E-state index in [2.05, 4.69) is 4.99 Å². The molecule has 3 rings (SSSR count). The first-order valence-corrected chi connectivity index (χ1v) is 10.2. The van der Waals surface area contributed by atoms with Crippen LogP contribution in [0.25, 0.3) is 10.2 Å². The van der Waals surface area contributed by atoms with Crippen molar-refractivity contribution in [2.24, 2.45) is 12.0 Å². The van der Waals surface area contributed by atoms with Gasteiger partial charge in [-0.05, 0) is 36.4 Å². The highest BCUT2D eigenvalue weighted by molar-refractivity contribution is 7.89. The molecule has 136 valence electrons. The molecule has 3 aromatic rings. The summed E-state index contributed by atoms with van der Waals surface area (Å²) in [4.78, 5) is 17.3. The molecule has 0 saturated heterocycles. The fraction of sp³-hybridized carbons (Fsp3) is 0.176. The monoisotopic (exact) mass is 409 g/mol. The fourth-order valence-electron chi connectivity index (χ4n) is 2.40. The van der Waals surface area contributed by atoms with Crippen LogP contribution in [0.15, 0.2) is 52.4 Å². The number of aromatic nitrogens is 1. The number of carbonyl (C=O) groups is 1. The van der Waals surface area contributed by atoms with E-state index >= 15 is 0 Å². The van der Waals surface area contributed by atoms with Crippen molar-refractivity contribution in [3.05, 3.63) is 57.9 Å². The first kappa shape index (κ1) is 18.8. The van der Waals surface area contributed by atoms with Crippen molar-refractivity contribution in [1.82, 2.24) is 8.87 Å². The van der Waals surface area contributed by atoms with Gasteiger partial charge in [0.05, 0.1) is 20.1 Å². The molecule has 0 aliphatic rings. The highest BCUT2D eigenvalue weighted by Gasteiger charge is 2.17. The molecule has 0 saturated carbocycles. The minimum atomic E-state index is -3.53. The van der Waals surface area contributed by atoms with Gasteiger partial charge in [-0.25, -0.2) is 12.7 Å². The van der Waals surface area contributed by atoms with E-state index in [1.807, 2.05) is 12.1 Å². The molecule has 0 spiro atoms. The van der Waals surface area contributed by atoms with Crippen molar-refractivity contribution >= 4 is 49.1 Å². The van der Waals surface area contributed by atoms with Crippen LogP contribution in [-0.2, 0) is 17.1 Å². The molecule has 1 amide bonds. The predicted octanol–water partition coefficient (Wildman–Crippen LogP) is 2.88. The molecular weight excluding hydrogens is 394 g/mol. The van der Waals surface area contributed by atoms with Gasteiger partial charge < -0.3 is 4.57 Å². The second-order valence-corrected chi connectivity index (χ2v) is 9.33. The Labute approximate surface area is 160 Å². The summed E-state index contributed by atoms with van der Waals surface area (Å²) in [7, 11) is 1.17. The molecule has 0 radical (unpaired) electrons. The Kier molecular flexibility index (Phi) is 5.03. The number of hydrogen-bond donors (Lipinski definition) is 0. The van der Waals surface area contributed by atoms with Crippen LogP contribution in [0.5, 0.6) is 0 Å². The van der Waals surface area contributed by atoms with Crippen molar-refractivity contribution in [2.45, 2.75) is 4.90 Å². The van der Waals surface area contributed by atoms with Crippen LogP contribution >= 0.6 is 22.9 Å². The molecule has 9 heteroatoms. The van der Waals surface area contributed by atoms with Crippen LogP contribution in [-0.4, -0.2) is 37.3 Å². The van der Waals surface area contributed by atoms with E-state index in [-0.39, 0.29) is 4.90 Å². The molecule has 0 atom stereocenters. The summed E-state index contributed by atoms with van der Waals surface area (Å²) in [6.07, 6.45) is 0. The number of fused-ring (bicyclic) bond motifs is 1. The molecule has 0 aliphatic heterocycles. The summed E-state index contributed by atoms with van der Waals surface area (Å²) < 4.78 is 28.0. The summed E-state index contributed by atoms with van der Waals surface area (Å²) in [6.45, 7) is 0. The Hall–Kier alpha value is -2.00. The second-order valence-electron chi connectivity index (χ2n) is 5.76. The van der Waals surface area contributed by atoms with Crippen LogP contribution in [0.1, 0.15) is 10.4 Å². The maximum atomic E-state index is 12.5. The van der Waals surface area contributed by atoms with E-state index in [0.29, 0.717) is 15.4 Å². The minimum Gasteiger partial charge on any atom is -0.318 e. The van der Waals surface area contributed by atoms with E-state index in [4.69, 9.17) is 11.6 Å². The highest BCUT2D eigenvalue weighted by Crippen LogP contribution is 2.24. The van der Waals surface area contributed by atoms with Gasteiger partial charge in [-0.3, -0.25) is 4.79 Å². The van der Waals surface area contributed by atoms with E-state index in [1.165, 1.54) is 49.7 Å². The van der Waals surface area contributed by atoms with Gasteiger partial charge in [-0.15, -0.1) is 0 Å². The fourth-order valence-corrected chi connectivity index (χ4v) is 4.70. The maximum absolute atomic E-state index is 12.5. The van der Waals surface area contributed by atoms with E-state index < -0.39 is 15.9 Å². The van der Waals surface area contributed by atoms with Crippen LogP contribution in [0.3, 0.4) is 0 Å². The van der Waals surface area contributed by atoms with Gasteiger partial charge >= 0.3 is 0 Å². The van der Waals surface area contributed by atoms with E-state index in [0.717, 1.165) is 14.5 Å². The summed E-state index contributed by atoms with van der Waals surface area (Å²) in [5.74, 6) is -0.447. The summed E-state index contributed by atoms with van der Waals surface area (Å²) in [5, 5.41) is 0.591. The van der Waals surface area contributed by atoms with E-state index in [1.54, 1.807) is 17.7 Å². The number of halogens is 1. The van der Waals surface area contributed by atoms with Gasteiger partial charge in [0, 0.05) is 26.7 Å². The number of hydrogen-bond acceptors (Lipinski definition) is 4.